The van der Waals surface area contributed by atoms with E-state index in [1.807, 2.05) is 36.4 Å². The Kier molecular flexibility index (Phi) is 8.52. The van der Waals surface area contributed by atoms with Crippen LogP contribution in [0.5, 0.6) is 0 Å². The summed E-state index contributed by atoms with van der Waals surface area (Å²) in [5.74, 6) is -3.93. The van der Waals surface area contributed by atoms with Gasteiger partial charge in [0.15, 0.2) is 0 Å². The zero-order valence-corrected chi connectivity index (χ0v) is 19.8. The third-order valence-corrected chi connectivity index (χ3v) is 6.48. The van der Waals surface area contributed by atoms with Gasteiger partial charge in [-0.3, -0.25) is 24.5 Å². The van der Waals surface area contributed by atoms with Crippen LogP contribution in [0.15, 0.2) is 66.7 Å². The number of Topliss-reactive ketones (excluding diaryl/α,β-unsaturated/α-hetero) is 1. The van der Waals surface area contributed by atoms with E-state index in [-0.39, 0.29) is 26.1 Å². The molecule has 1 aliphatic carbocycles. The first-order chi connectivity index (χ1) is 16.8. The Morgan fingerprint density at radius 1 is 1.06 bits per heavy atom. The molecular formula is C27H29NO7. The molecule has 3 rings (SSSR count). The van der Waals surface area contributed by atoms with Crippen molar-refractivity contribution in [1.82, 2.24) is 0 Å². The molecule has 0 bridgehead atoms. The number of hydrogen-bond acceptors (Lipinski definition) is 7. The third kappa shape index (κ3) is 5.82. The molecule has 0 unspecified atom stereocenters. The lowest BCUT2D eigenvalue weighted by atomic mass is 9.73. The summed E-state index contributed by atoms with van der Waals surface area (Å²) in [5.41, 5.74) is -0.309. The van der Waals surface area contributed by atoms with Gasteiger partial charge in [0.2, 0.25) is 6.04 Å². The van der Waals surface area contributed by atoms with Crippen LogP contribution in [0, 0.1) is 27.4 Å². The zero-order chi connectivity index (χ0) is 25.4. The normalized spacial score (nSPS) is 23.7. The van der Waals surface area contributed by atoms with Crippen molar-refractivity contribution in [2.75, 3.05) is 6.61 Å². The minimum atomic E-state index is -1.80. The van der Waals surface area contributed by atoms with E-state index < -0.39 is 45.9 Å². The highest BCUT2D eigenvalue weighted by molar-refractivity contribution is 6.04. The highest BCUT2D eigenvalue weighted by Crippen LogP contribution is 2.51. The number of ether oxygens (including phenoxy) is 2. The Hall–Kier alpha value is -3.81. The smallest absolute Gasteiger partial charge is 0.320 e. The highest BCUT2D eigenvalue weighted by atomic mass is 16.6. The lowest BCUT2D eigenvalue weighted by Crippen LogP contribution is -2.45. The summed E-state index contributed by atoms with van der Waals surface area (Å²) in [5, 5.41) is 12.2. The molecule has 2 aromatic rings. The largest absolute Gasteiger partial charge is 0.466 e. The monoisotopic (exact) mass is 479 g/mol. The molecule has 0 aromatic heterocycles. The Labute approximate surface area is 204 Å². The molecule has 0 saturated heterocycles. The predicted octanol–water partition coefficient (Wildman–Crippen LogP) is 4.25. The van der Waals surface area contributed by atoms with Gasteiger partial charge in [-0.05, 0) is 31.4 Å². The van der Waals surface area contributed by atoms with Crippen molar-refractivity contribution in [2.45, 2.75) is 39.3 Å². The van der Waals surface area contributed by atoms with Crippen LogP contribution in [0.2, 0.25) is 0 Å². The molecule has 2 aromatic carbocycles. The van der Waals surface area contributed by atoms with Crippen molar-refractivity contribution >= 4 is 23.8 Å². The van der Waals surface area contributed by atoms with Crippen molar-refractivity contribution in [3.8, 4) is 0 Å². The van der Waals surface area contributed by atoms with E-state index in [9.17, 15) is 24.5 Å². The van der Waals surface area contributed by atoms with Crippen LogP contribution >= 0.6 is 0 Å². The molecule has 0 radical (unpaired) electrons. The fourth-order valence-corrected chi connectivity index (χ4v) is 4.84. The second-order valence-corrected chi connectivity index (χ2v) is 8.63. The average molecular weight is 480 g/mol. The molecule has 0 spiro atoms. The number of nitrogens with zero attached hydrogens (tertiary/aromatic N) is 1. The SMILES string of the molecule is CCOC(=O)C[C@@H]1C[C@@](C(C)=O)(C(=O)OCc2ccccc2)[C@@H](/C=C/c2ccccc2)[C@@H]1[N+](=O)[O-]. The summed E-state index contributed by atoms with van der Waals surface area (Å²) in [6.07, 6.45) is 2.76. The molecule has 0 heterocycles. The van der Waals surface area contributed by atoms with Crippen molar-refractivity contribution in [2.24, 2.45) is 17.3 Å². The number of ketones is 1. The molecule has 1 aliphatic rings. The molecule has 1 saturated carbocycles. The maximum atomic E-state index is 13.5. The maximum absolute atomic E-state index is 13.5. The number of benzene rings is 2. The van der Waals surface area contributed by atoms with Gasteiger partial charge in [-0.1, -0.05) is 72.8 Å². The minimum absolute atomic E-state index is 0.0739. The first-order valence-corrected chi connectivity index (χ1v) is 11.5. The van der Waals surface area contributed by atoms with E-state index in [1.165, 1.54) is 6.92 Å². The second kappa shape index (κ2) is 11.6. The predicted molar refractivity (Wildman–Crippen MR) is 128 cm³/mol. The summed E-state index contributed by atoms with van der Waals surface area (Å²) in [4.78, 5) is 50.6. The van der Waals surface area contributed by atoms with Crippen LogP contribution in [0.4, 0.5) is 0 Å². The Balaban J connectivity index is 2.02. The van der Waals surface area contributed by atoms with Crippen LogP contribution in [0.1, 0.15) is 37.8 Å². The van der Waals surface area contributed by atoms with E-state index in [2.05, 4.69) is 0 Å². The fourth-order valence-electron chi connectivity index (χ4n) is 4.84. The van der Waals surface area contributed by atoms with Gasteiger partial charge in [0.05, 0.1) is 18.9 Å². The molecular weight excluding hydrogens is 450 g/mol. The van der Waals surface area contributed by atoms with Gasteiger partial charge < -0.3 is 9.47 Å². The quantitative estimate of drug-likeness (QED) is 0.217. The molecule has 0 N–H and O–H groups in total. The summed E-state index contributed by atoms with van der Waals surface area (Å²) in [6, 6.07) is 16.7. The lowest BCUT2D eigenvalue weighted by molar-refractivity contribution is -0.535. The van der Waals surface area contributed by atoms with E-state index in [1.54, 1.807) is 43.3 Å². The molecule has 1 fully saturated rings. The summed E-state index contributed by atoms with van der Waals surface area (Å²) < 4.78 is 10.6. The number of carbonyl (C=O) groups is 3. The van der Waals surface area contributed by atoms with Gasteiger partial charge in [-0.25, -0.2) is 0 Å². The van der Waals surface area contributed by atoms with Gasteiger partial charge >= 0.3 is 11.9 Å². The minimum Gasteiger partial charge on any atom is -0.466 e. The van der Waals surface area contributed by atoms with E-state index in [4.69, 9.17) is 9.47 Å². The summed E-state index contributed by atoms with van der Waals surface area (Å²) in [6.45, 7) is 2.94. The molecule has 35 heavy (non-hydrogen) atoms. The van der Waals surface area contributed by atoms with Crippen LogP contribution < -0.4 is 0 Å². The van der Waals surface area contributed by atoms with Crippen molar-refractivity contribution in [3.05, 3.63) is 88.0 Å². The van der Waals surface area contributed by atoms with Gasteiger partial charge in [-0.2, -0.15) is 0 Å². The molecule has 8 heteroatoms. The van der Waals surface area contributed by atoms with Crippen LogP contribution in [0.3, 0.4) is 0 Å². The number of hydrogen-bond donors (Lipinski definition) is 0. The maximum Gasteiger partial charge on any atom is 0.320 e. The molecule has 8 nitrogen and oxygen atoms in total. The Morgan fingerprint density at radius 2 is 1.69 bits per heavy atom. The second-order valence-electron chi connectivity index (χ2n) is 8.63. The Morgan fingerprint density at radius 3 is 2.26 bits per heavy atom. The average Bonchev–Trinajstić information content (AvgIpc) is 3.17. The van der Waals surface area contributed by atoms with Crippen LogP contribution in [-0.4, -0.2) is 35.3 Å². The third-order valence-electron chi connectivity index (χ3n) is 6.48. The lowest BCUT2D eigenvalue weighted by Gasteiger charge is -2.29. The summed E-state index contributed by atoms with van der Waals surface area (Å²) >= 11 is 0. The van der Waals surface area contributed by atoms with Crippen molar-refractivity contribution in [1.29, 1.82) is 0 Å². The van der Waals surface area contributed by atoms with E-state index in [0.29, 0.717) is 0 Å². The van der Waals surface area contributed by atoms with Gasteiger partial charge in [0.25, 0.3) is 0 Å². The Bertz CT molecular complexity index is 1080. The number of esters is 2. The van der Waals surface area contributed by atoms with E-state index >= 15 is 0 Å². The van der Waals surface area contributed by atoms with Crippen LogP contribution in [0.25, 0.3) is 6.08 Å². The standard InChI is InChI=1S/C27H29NO7/c1-3-34-24(30)16-22-17-27(19(2)29,26(31)35-18-21-12-8-5-9-13-21)23(25(22)28(32)33)15-14-20-10-6-4-7-11-20/h4-15,22-23,25H,3,16-18H2,1-2H3/b15-14+/t22-,23+,25-,27+/m1/s1. The van der Waals surface area contributed by atoms with Crippen molar-refractivity contribution in [3.63, 3.8) is 0 Å². The first kappa shape index (κ1) is 25.8. The number of nitro groups is 1. The van der Waals surface area contributed by atoms with Crippen molar-refractivity contribution < 1.29 is 28.8 Å². The van der Waals surface area contributed by atoms with Gasteiger partial charge in [-0.15, -0.1) is 0 Å². The van der Waals surface area contributed by atoms with Crippen LogP contribution in [-0.2, 0) is 30.5 Å². The molecule has 4 atom stereocenters. The van der Waals surface area contributed by atoms with Gasteiger partial charge in [0, 0.05) is 10.8 Å². The fraction of sp³-hybridized carbons (Fsp3) is 0.370. The number of rotatable bonds is 10. The van der Waals surface area contributed by atoms with E-state index in [0.717, 1.165) is 11.1 Å². The number of carbonyl (C=O) groups excluding carboxylic acids is 3. The topological polar surface area (TPSA) is 113 Å². The first-order valence-electron chi connectivity index (χ1n) is 11.5. The molecule has 0 amide bonds. The summed E-state index contributed by atoms with van der Waals surface area (Å²) in [7, 11) is 0. The zero-order valence-electron chi connectivity index (χ0n) is 19.8. The van der Waals surface area contributed by atoms with Gasteiger partial charge in [0.1, 0.15) is 17.8 Å². The highest BCUT2D eigenvalue weighted by Gasteiger charge is 2.65. The molecule has 0 aliphatic heterocycles. The molecule has 184 valence electrons.